The molecule has 0 aliphatic carbocycles. The summed E-state index contributed by atoms with van der Waals surface area (Å²) in [5.74, 6) is 2.57. The lowest BCUT2D eigenvalue weighted by atomic mass is 10.2. The van der Waals surface area contributed by atoms with E-state index in [-0.39, 0.29) is 12.4 Å². The summed E-state index contributed by atoms with van der Waals surface area (Å²) in [6, 6.07) is 11.7. The molecule has 2 N–H and O–H groups in total. The average molecular weight is 350 g/mol. The Bertz CT molecular complexity index is 762. The normalized spacial score (nSPS) is 10.1. The van der Waals surface area contributed by atoms with E-state index in [0.717, 1.165) is 22.5 Å². The van der Waals surface area contributed by atoms with Crippen LogP contribution in [0.1, 0.15) is 5.56 Å². The first-order valence-corrected chi connectivity index (χ1v) is 7.22. The van der Waals surface area contributed by atoms with Gasteiger partial charge in [-0.1, -0.05) is 12.1 Å². The van der Waals surface area contributed by atoms with Crippen LogP contribution >= 0.6 is 12.4 Å². The zero-order valence-corrected chi connectivity index (χ0v) is 14.6. The van der Waals surface area contributed by atoms with Crippen LogP contribution in [0.5, 0.6) is 17.2 Å². The number of halogens is 1. The van der Waals surface area contributed by atoms with Crippen LogP contribution in [0, 0.1) is 0 Å². The van der Waals surface area contributed by atoms with E-state index in [9.17, 15) is 0 Å². The van der Waals surface area contributed by atoms with Gasteiger partial charge in [-0.2, -0.15) is 0 Å². The van der Waals surface area contributed by atoms with E-state index in [2.05, 4.69) is 15.3 Å². The van der Waals surface area contributed by atoms with E-state index >= 15 is 0 Å². The fourth-order valence-electron chi connectivity index (χ4n) is 2.46. The minimum absolute atomic E-state index is 0. The Hall–Kier alpha value is -2.60. The van der Waals surface area contributed by atoms with Gasteiger partial charge >= 0.3 is 0 Å². The lowest BCUT2D eigenvalue weighted by molar-refractivity contribution is 0.324. The van der Waals surface area contributed by atoms with Gasteiger partial charge in [0.1, 0.15) is 0 Å². The number of para-hydroxylation sites is 2. The first-order chi connectivity index (χ1) is 11.2. The zero-order chi connectivity index (χ0) is 16.2. The molecule has 0 aliphatic rings. The Morgan fingerprint density at radius 1 is 1.00 bits per heavy atom. The maximum Gasteiger partial charge on any atom is 0.203 e. The van der Waals surface area contributed by atoms with Crippen molar-refractivity contribution in [2.75, 3.05) is 26.6 Å². The molecule has 0 saturated carbocycles. The molecule has 24 heavy (non-hydrogen) atoms. The molecule has 6 nitrogen and oxygen atoms in total. The van der Waals surface area contributed by atoms with Gasteiger partial charge in [-0.05, 0) is 29.8 Å². The Morgan fingerprint density at radius 2 is 1.67 bits per heavy atom. The number of nitrogens with one attached hydrogen (secondary N) is 2. The average Bonchev–Trinajstić information content (AvgIpc) is 3.01. The lowest BCUT2D eigenvalue weighted by Gasteiger charge is -2.14. The highest BCUT2D eigenvalue weighted by molar-refractivity contribution is 5.85. The molecule has 0 amide bonds. The van der Waals surface area contributed by atoms with Crippen molar-refractivity contribution in [3.63, 3.8) is 0 Å². The molecule has 1 aromatic heterocycles. The summed E-state index contributed by atoms with van der Waals surface area (Å²) in [5, 5.41) is 3.27. The van der Waals surface area contributed by atoms with Gasteiger partial charge in [0.25, 0.3) is 0 Å². The molecule has 0 fully saturated rings. The zero-order valence-electron chi connectivity index (χ0n) is 13.8. The molecule has 3 aromatic rings. The smallest absolute Gasteiger partial charge is 0.203 e. The highest BCUT2D eigenvalue weighted by atomic mass is 35.5. The third-order valence-corrected chi connectivity index (χ3v) is 3.57. The predicted octanol–water partition coefficient (Wildman–Crippen LogP) is 3.62. The fraction of sp³-hybridized carbons (Fsp3) is 0.235. The van der Waals surface area contributed by atoms with Gasteiger partial charge in [-0.3, -0.25) is 0 Å². The quantitative estimate of drug-likeness (QED) is 0.711. The highest BCUT2D eigenvalue weighted by Crippen LogP contribution is 2.38. The van der Waals surface area contributed by atoms with Crippen molar-refractivity contribution in [1.29, 1.82) is 0 Å². The van der Waals surface area contributed by atoms with Crippen LogP contribution in [-0.2, 0) is 6.54 Å². The van der Waals surface area contributed by atoms with E-state index in [1.807, 2.05) is 36.4 Å². The predicted molar refractivity (Wildman–Crippen MR) is 96.8 cm³/mol. The van der Waals surface area contributed by atoms with Crippen molar-refractivity contribution in [1.82, 2.24) is 9.97 Å². The van der Waals surface area contributed by atoms with Gasteiger partial charge in [0.05, 0.1) is 32.4 Å². The van der Waals surface area contributed by atoms with Crippen LogP contribution in [0.25, 0.3) is 11.0 Å². The molecule has 0 bridgehead atoms. The van der Waals surface area contributed by atoms with E-state index in [1.54, 1.807) is 21.3 Å². The molecule has 0 radical (unpaired) electrons. The maximum absolute atomic E-state index is 5.36. The van der Waals surface area contributed by atoms with Crippen LogP contribution < -0.4 is 19.5 Å². The monoisotopic (exact) mass is 349 g/mol. The van der Waals surface area contributed by atoms with Crippen LogP contribution in [-0.4, -0.2) is 31.3 Å². The number of hydrogen-bond donors (Lipinski definition) is 2. The van der Waals surface area contributed by atoms with Crippen LogP contribution in [0.4, 0.5) is 5.95 Å². The van der Waals surface area contributed by atoms with Gasteiger partial charge in [0.15, 0.2) is 11.5 Å². The number of aromatic amines is 1. The van der Waals surface area contributed by atoms with E-state index in [0.29, 0.717) is 23.8 Å². The van der Waals surface area contributed by atoms with Crippen molar-refractivity contribution in [2.45, 2.75) is 6.54 Å². The molecule has 0 saturated heterocycles. The van der Waals surface area contributed by atoms with E-state index in [4.69, 9.17) is 14.2 Å². The van der Waals surface area contributed by atoms with Gasteiger partial charge in [-0.25, -0.2) is 4.98 Å². The lowest BCUT2D eigenvalue weighted by Crippen LogP contribution is -2.03. The van der Waals surface area contributed by atoms with E-state index < -0.39 is 0 Å². The summed E-state index contributed by atoms with van der Waals surface area (Å²) in [6.45, 7) is 0.580. The van der Waals surface area contributed by atoms with Crippen LogP contribution in [0.3, 0.4) is 0 Å². The summed E-state index contributed by atoms with van der Waals surface area (Å²) in [5.41, 5.74) is 2.93. The second-order valence-corrected chi connectivity index (χ2v) is 4.99. The minimum atomic E-state index is 0. The second kappa shape index (κ2) is 7.79. The summed E-state index contributed by atoms with van der Waals surface area (Å²) >= 11 is 0. The third kappa shape index (κ3) is 3.49. The van der Waals surface area contributed by atoms with E-state index in [1.165, 1.54) is 0 Å². The molecule has 0 spiro atoms. The number of fused-ring (bicyclic) bond motifs is 1. The summed E-state index contributed by atoms with van der Waals surface area (Å²) < 4.78 is 16.1. The number of hydrogen-bond acceptors (Lipinski definition) is 5. The highest BCUT2D eigenvalue weighted by Gasteiger charge is 2.13. The van der Waals surface area contributed by atoms with Crippen LogP contribution in [0.15, 0.2) is 36.4 Å². The third-order valence-electron chi connectivity index (χ3n) is 3.57. The van der Waals surface area contributed by atoms with Crippen molar-refractivity contribution in [3.8, 4) is 17.2 Å². The number of imidazole rings is 1. The Balaban J connectivity index is 0.00000208. The van der Waals surface area contributed by atoms with Gasteiger partial charge in [-0.15, -0.1) is 12.4 Å². The number of nitrogens with zero attached hydrogens (tertiary/aromatic N) is 1. The Labute approximate surface area is 146 Å². The number of anilines is 1. The Morgan fingerprint density at radius 3 is 2.25 bits per heavy atom. The van der Waals surface area contributed by atoms with Crippen molar-refractivity contribution in [3.05, 3.63) is 42.0 Å². The number of methoxy groups -OCH3 is 3. The summed E-state index contributed by atoms with van der Waals surface area (Å²) in [7, 11) is 4.80. The van der Waals surface area contributed by atoms with Crippen LogP contribution in [0.2, 0.25) is 0 Å². The van der Waals surface area contributed by atoms with Gasteiger partial charge in [0, 0.05) is 6.54 Å². The topological polar surface area (TPSA) is 68.4 Å². The molecule has 0 aliphatic heterocycles. The summed E-state index contributed by atoms with van der Waals surface area (Å²) in [4.78, 5) is 7.73. The van der Waals surface area contributed by atoms with Gasteiger partial charge < -0.3 is 24.5 Å². The number of aromatic nitrogens is 2. The molecule has 128 valence electrons. The number of rotatable bonds is 6. The molecule has 7 heteroatoms. The van der Waals surface area contributed by atoms with Gasteiger partial charge in [0.2, 0.25) is 11.7 Å². The number of ether oxygens (including phenoxy) is 3. The number of benzene rings is 2. The largest absolute Gasteiger partial charge is 0.493 e. The SMILES string of the molecule is COc1cc(CNc2nc3ccccc3[nH]2)cc(OC)c1OC.Cl. The number of H-pyrrole nitrogens is 1. The first kappa shape index (κ1) is 17.7. The maximum atomic E-state index is 5.36. The molecule has 0 unspecified atom stereocenters. The fourth-order valence-corrected chi connectivity index (χ4v) is 2.46. The molecule has 2 aromatic carbocycles. The summed E-state index contributed by atoms with van der Waals surface area (Å²) in [6.07, 6.45) is 0. The Kier molecular flexibility index (Phi) is 5.76. The molecular weight excluding hydrogens is 330 g/mol. The van der Waals surface area contributed by atoms with Crippen molar-refractivity contribution in [2.24, 2.45) is 0 Å². The molecular formula is C17H20ClN3O3. The van der Waals surface area contributed by atoms with Crippen molar-refractivity contribution >= 4 is 29.4 Å². The standard InChI is InChI=1S/C17H19N3O3.ClH/c1-21-14-8-11(9-15(22-2)16(14)23-3)10-18-17-19-12-6-4-5-7-13(12)20-17;/h4-9H,10H2,1-3H3,(H2,18,19,20);1H. The minimum Gasteiger partial charge on any atom is -0.493 e. The molecule has 1 heterocycles. The molecule has 3 rings (SSSR count). The first-order valence-electron chi connectivity index (χ1n) is 7.22. The second-order valence-electron chi connectivity index (χ2n) is 4.99. The molecule has 0 atom stereocenters. The van der Waals surface area contributed by atoms with Crippen molar-refractivity contribution < 1.29 is 14.2 Å².